The Hall–Kier alpha value is -0.553. The maximum atomic E-state index is 11.7. The summed E-state index contributed by atoms with van der Waals surface area (Å²) in [5, 5.41) is 0. The summed E-state index contributed by atoms with van der Waals surface area (Å²) in [6.45, 7) is 10.7. The molecule has 0 rings (SSSR count). The van der Waals surface area contributed by atoms with Crippen molar-refractivity contribution >= 4 is 13.9 Å². The van der Waals surface area contributed by atoms with Gasteiger partial charge in [-0.15, -0.1) is 5.54 Å². The Morgan fingerprint density at radius 2 is 1.81 bits per heavy atom. The van der Waals surface area contributed by atoms with Crippen LogP contribution in [-0.2, 0) is 4.79 Å². The summed E-state index contributed by atoms with van der Waals surface area (Å²) >= 11 is 0. The second kappa shape index (κ2) is 7.68. The van der Waals surface area contributed by atoms with Crippen LogP contribution >= 0.6 is 0 Å². The lowest BCUT2D eigenvalue weighted by Gasteiger charge is -2.07. The number of rotatable bonds is 6. The molecule has 0 radical (unpaired) electrons. The SMILES string of the molecule is CCCCCCC(C)C(=O)C#C[Si](C)(C)C. The van der Waals surface area contributed by atoms with Crippen LogP contribution < -0.4 is 0 Å². The zero-order valence-electron chi connectivity index (χ0n) is 11.5. The van der Waals surface area contributed by atoms with Crippen molar-refractivity contribution in [3.8, 4) is 11.5 Å². The molecule has 0 saturated carbocycles. The highest BCUT2D eigenvalue weighted by atomic mass is 28.3. The molecule has 0 aromatic carbocycles. The van der Waals surface area contributed by atoms with Gasteiger partial charge in [-0.25, -0.2) is 0 Å². The van der Waals surface area contributed by atoms with Crippen molar-refractivity contribution in [3.05, 3.63) is 0 Å². The summed E-state index contributed by atoms with van der Waals surface area (Å²) in [6.07, 6.45) is 5.93. The molecule has 92 valence electrons. The molecule has 0 aromatic rings. The van der Waals surface area contributed by atoms with E-state index in [1.807, 2.05) is 6.92 Å². The number of unbranched alkanes of at least 4 members (excludes halogenated alkanes) is 3. The summed E-state index contributed by atoms with van der Waals surface area (Å²) in [5.41, 5.74) is 3.14. The molecule has 1 atom stereocenters. The standard InChI is InChI=1S/C14H26OSi/c1-6-7-8-9-10-13(2)14(15)11-12-16(3,4)5/h13H,6-10H2,1-5H3. The van der Waals surface area contributed by atoms with Crippen LogP contribution in [0.1, 0.15) is 46.0 Å². The molecule has 0 aliphatic carbocycles. The van der Waals surface area contributed by atoms with Crippen LogP contribution in [0.2, 0.25) is 19.6 Å². The van der Waals surface area contributed by atoms with Gasteiger partial charge in [0.15, 0.2) is 0 Å². The Morgan fingerprint density at radius 1 is 1.19 bits per heavy atom. The van der Waals surface area contributed by atoms with Crippen molar-refractivity contribution in [2.45, 2.75) is 65.6 Å². The van der Waals surface area contributed by atoms with Crippen molar-refractivity contribution in [1.82, 2.24) is 0 Å². The molecule has 0 aromatic heterocycles. The van der Waals surface area contributed by atoms with Crippen LogP contribution in [0, 0.1) is 17.4 Å². The fraction of sp³-hybridized carbons (Fsp3) is 0.786. The third-order valence-electron chi connectivity index (χ3n) is 2.50. The highest BCUT2D eigenvalue weighted by Gasteiger charge is 2.12. The van der Waals surface area contributed by atoms with Crippen molar-refractivity contribution < 1.29 is 4.79 Å². The van der Waals surface area contributed by atoms with Crippen molar-refractivity contribution in [3.63, 3.8) is 0 Å². The molecular formula is C14H26OSi. The molecular weight excluding hydrogens is 212 g/mol. The van der Waals surface area contributed by atoms with Gasteiger partial charge in [-0.05, 0) is 12.3 Å². The second-order valence-electron chi connectivity index (χ2n) is 5.61. The van der Waals surface area contributed by atoms with Gasteiger partial charge in [-0.1, -0.05) is 59.2 Å². The van der Waals surface area contributed by atoms with Gasteiger partial charge in [0.1, 0.15) is 8.07 Å². The highest BCUT2D eigenvalue weighted by molar-refractivity contribution is 6.84. The summed E-state index contributed by atoms with van der Waals surface area (Å²) in [6, 6.07) is 0. The summed E-state index contributed by atoms with van der Waals surface area (Å²) in [5.74, 6) is 3.10. The molecule has 0 aliphatic heterocycles. The Morgan fingerprint density at radius 3 is 2.31 bits per heavy atom. The van der Waals surface area contributed by atoms with Crippen LogP contribution in [-0.4, -0.2) is 13.9 Å². The third kappa shape index (κ3) is 8.73. The van der Waals surface area contributed by atoms with Crippen LogP contribution in [0.5, 0.6) is 0 Å². The van der Waals surface area contributed by atoms with Gasteiger partial charge in [-0.3, -0.25) is 4.79 Å². The van der Waals surface area contributed by atoms with Gasteiger partial charge in [0.2, 0.25) is 5.78 Å². The molecule has 0 aliphatic rings. The van der Waals surface area contributed by atoms with E-state index in [4.69, 9.17) is 0 Å². The number of ketones is 1. The first-order chi connectivity index (χ1) is 7.37. The average Bonchev–Trinajstić information content (AvgIpc) is 2.19. The van der Waals surface area contributed by atoms with Crippen LogP contribution in [0.15, 0.2) is 0 Å². The minimum absolute atomic E-state index is 0.126. The van der Waals surface area contributed by atoms with Gasteiger partial charge < -0.3 is 0 Å². The zero-order valence-corrected chi connectivity index (χ0v) is 12.5. The Labute approximate surface area is 102 Å². The van der Waals surface area contributed by atoms with Crippen molar-refractivity contribution in [1.29, 1.82) is 0 Å². The zero-order chi connectivity index (χ0) is 12.6. The lowest BCUT2D eigenvalue weighted by atomic mass is 9.99. The van der Waals surface area contributed by atoms with Crippen molar-refractivity contribution in [2.75, 3.05) is 0 Å². The quantitative estimate of drug-likeness (QED) is 0.388. The Balaban J connectivity index is 3.94. The normalized spacial score (nSPS) is 12.8. The van der Waals surface area contributed by atoms with E-state index in [0.717, 1.165) is 12.8 Å². The molecule has 0 amide bonds. The largest absolute Gasteiger partial charge is 0.285 e. The highest BCUT2D eigenvalue weighted by Crippen LogP contribution is 2.11. The third-order valence-corrected chi connectivity index (χ3v) is 3.37. The lowest BCUT2D eigenvalue weighted by molar-refractivity contribution is -0.117. The molecule has 0 saturated heterocycles. The predicted molar refractivity (Wildman–Crippen MR) is 74.1 cm³/mol. The van der Waals surface area contributed by atoms with Gasteiger partial charge in [0.05, 0.1) is 0 Å². The first-order valence-electron chi connectivity index (χ1n) is 6.44. The molecule has 1 unspecified atom stereocenters. The minimum Gasteiger partial charge on any atom is -0.285 e. The van der Waals surface area contributed by atoms with Gasteiger partial charge in [0, 0.05) is 5.92 Å². The number of hydrogen-bond donors (Lipinski definition) is 0. The molecule has 0 fully saturated rings. The van der Waals surface area contributed by atoms with Gasteiger partial charge >= 0.3 is 0 Å². The molecule has 1 nitrogen and oxygen atoms in total. The van der Waals surface area contributed by atoms with E-state index in [-0.39, 0.29) is 11.7 Å². The van der Waals surface area contributed by atoms with Crippen LogP contribution in [0.4, 0.5) is 0 Å². The fourth-order valence-electron chi connectivity index (χ4n) is 1.38. The minimum atomic E-state index is -1.39. The van der Waals surface area contributed by atoms with Crippen LogP contribution in [0.3, 0.4) is 0 Å². The van der Waals surface area contributed by atoms with E-state index >= 15 is 0 Å². The maximum absolute atomic E-state index is 11.7. The van der Waals surface area contributed by atoms with E-state index in [1.165, 1.54) is 19.3 Å². The first-order valence-corrected chi connectivity index (χ1v) is 9.94. The van der Waals surface area contributed by atoms with E-state index in [9.17, 15) is 4.79 Å². The number of carbonyl (C=O) groups is 1. The molecule has 16 heavy (non-hydrogen) atoms. The number of Topliss-reactive ketones (excluding diaryl/α,β-unsaturated/α-hetero) is 1. The molecule has 0 N–H and O–H groups in total. The van der Waals surface area contributed by atoms with E-state index in [0.29, 0.717) is 0 Å². The Bertz CT molecular complexity index is 265. The van der Waals surface area contributed by atoms with Gasteiger partial charge in [0.25, 0.3) is 0 Å². The number of hydrogen-bond acceptors (Lipinski definition) is 1. The predicted octanol–water partition coefficient (Wildman–Crippen LogP) is 4.04. The second-order valence-corrected chi connectivity index (χ2v) is 10.4. The summed E-state index contributed by atoms with van der Waals surface area (Å²) in [7, 11) is -1.39. The molecule has 0 spiro atoms. The van der Waals surface area contributed by atoms with E-state index in [1.54, 1.807) is 0 Å². The molecule has 2 heteroatoms. The summed E-state index contributed by atoms with van der Waals surface area (Å²) in [4.78, 5) is 11.7. The van der Waals surface area contributed by atoms with E-state index < -0.39 is 8.07 Å². The maximum Gasteiger partial charge on any atom is 0.207 e. The first kappa shape index (κ1) is 15.4. The Kier molecular flexibility index (Phi) is 7.41. The van der Waals surface area contributed by atoms with Crippen molar-refractivity contribution in [2.24, 2.45) is 5.92 Å². The average molecular weight is 238 g/mol. The lowest BCUT2D eigenvalue weighted by Crippen LogP contribution is -2.18. The molecule has 0 heterocycles. The monoisotopic (exact) mass is 238 g/mol. The topological polar surface area (TPSA) is 17.1 Å². The smallest absolute Gasteiger partial charge is 0.207 e. The van der Waals surface area contributed by atoms with Gasteiger partial charge in [-0.2, -0.15) is 0 Å². The van der Waals surface area contributed by atoms with E-state index in [2.05, 4.69) is 38.0 Å². The fourth-order valence-corrected chi connectivity index (χ4v) is 1.88. The molecule has 0 bridgehead atoms. The number of carbonyl (C=O) groups excluding carboxylic acids is 1. The van der Waals surface area contributed by atoms with Crippen LogP contribution in [0.25, 0.3) is 0 Å². The summed E-state index contributed by atoms with van der Waals surface area (Å²) < 4.78 is 0.